The minimum Gasteiger partial charge on any atom is -0.465 e. The number of hydrogen-bond donors (Lipinski definition) is 0. The molecule has 2 aromatic rings. The van der Waals surface area contributed by atoms with Crippen molar-refractivity contribution in [2.24, 2.45) is 5.41 Å². The molecule has 1 aliphatic rings. The molecule has 154 valence electrons. The maximum atomic E-state index is 13.5. The van der Waals surface area contributed by atoms with Gasteiger partial charge in [-0.2, -0.15) is 0 Å². The van der Waals surface area contributed by atoms with Crippen LogP contribution in [0.3, 0.4) is 0 Å². The van der Waals surface area contributed by atoms with Crippen molar-refractivity contribution >= 4 is 21.8 Å². The predicted octanol–water partition coefficient (Wildman–Crippen LogP) is 3.05. The van der Waals surface area contributed by atoms with Crippen molar-refractivity contribution < 1.29 is 27.5 Å². The van der Waals surface area contributed by atoms with E-state index in [0.717, 1.165) is 5.56 Å². The van der Waals surface area contributed by atoms with Crippen LogP contribution in [0.4, 0.5) is 0 Å². The van der Waals surface area contributed by atoms with Crippen LogP contribution in [0.5, 0.6) is 0 Å². The number of benzene rings is 2. The van der Waals surface area contributed by atoms with Gasteiger partial charge in [0, 0.05) is 5.92 Å². The highest BCUT2D eigenvalue weighted by atomic mass is 32.2. The van der Waals surface area contributed by atoms with Crippen LogP contribution in [0.25, 0.3) is 0 Å². The van der Waals surface area contributed by atoms with E-state index in [-0.39, 0.29) is 18.1 Å². The summed E-state index contributed by atoms with van der Waals surface area (Å²) < 4.78 is 37.3. The SMILES string of the molecule is CCOC(=O)C1(C(=O)OCC)[C@H](c2ccccc2)[C@@H]1S(=O)(=O)c1ccc(C)cc1. The van der Waals surface area contributed by atoms with Crippen molar-refractivity contribution in [1.29, 1.82) is 0 Å². The van der Waals surface area contributed by atoms with E-state index in [4.69, 9.17) is 9.47 Å². The Morgan fingerprint density at radius 1 is 0.897 bits per heavy atom. The third-order valence-corrected chi connectivity index (χ3v) is 7.44. The second-order valence-corrected chi connectivity index (χ2v) is 9.05. The van der Waals surface area contributed by atoms with Crippen LogP contribution >= 0.6 is 0 Å². The van der Waals surface area contributed by atoms with Gasteiger partial charge in [0.15, 0.2) is 15.3 Å². The monoisotopic (exact) mass is 416 g/mol. The Morgan fingerprint density at radius 2 is 1.41 bits per heavy atom. The number of carbonyl (C=O) groups is 2. The summed E-state index contributed by atoms with van der Waals surface area (Å²) in [7, 11) is -4.02. The Kier molecular flexibility index (Phi) is 5.80. The average molecular weight is 416 g/mol. The van der Waals surface area contributed by atoms with E-state index in [1.807, 2.05) is 6.92 Å². The molecule has 0 unspecified atom stereocenters. The summed E-state index contributed by atoms with van der Waals surface area (Å²) in [5.41, 5.74) is -0.437. The van der Waals surface area contributed by atoms with Crippen LogP contribution in [0, 0.1) is 12.3 Å². The second-order valence-electron chi connectivity index (χ2n) is 6.98. The van der Waals surface area contributed by atoms with Crippen molar-refractivity contribution in [3.8, 4) is 0 Å². The minimum absolute atomic E-state index is 0.0266. The number of esters is 2. The number of hydrogen-bond acceptors (Lipinski definition) is 6. The molecule has 0 heterocycles. The molecule has 3 rings (SSSR count). The lowest BCUT2D eigenvalue weighted by Crippen LogP contribution is -2.35. The highest BCUT2D eigenvalue weighted by Gasteiger charge is 2.81. The highest BCUT2D eigenvalue weighted by Crippen LogP contribution is 2.65. The Balaban J connectivity index is 2.18. The molecule has 1 fully saturated rings. The van der Waals surface area contributed by atoms with Crippen molar-refractivity contribution in [1.82, 2.24) is 0 Å². The molecule has 0 aliphatic heterocycles. The summed E-state index contributed by atoms with van der Waals surface area (Å²) in [5, 5.41) is -1.29. The predicted molar refractivity (Wildman–Crippen MR) is 107 cm³/mol. The van der Waals surface area contributed by atoms with Gasteiger partial charge in [-0.25, -0.2) is 8.42 Å². The van der Waals surface area contributed by atoms with Crippen molar-refractivity contribution in [3.05, 3.63) is 65.7 Å². The zero-order valence-electron chi connectivity index (χ0n) is 16.6. The first-order valence-electron chi connectivity index (χ1n) is 9.51. The van der Waals surface area contributed by atoms with E-state index in [2.05, 4.69) is 0 Å². The third kappa shape index (κ3) is 3.44. The van der Waals surface area contributed by atoms with Gasteiger partial charge in [-0.1, -0.05) is 48.0 Å². The summed E-state index contributed by atoms with van der Waals surface area (Å²) in [6, 6.07) is 15.0. The molecule has 0 bridgehead atoms. The molecule has 1 saturated carbocycles. The molecule has 0 aromatic heterocycles. The number of aryl methyl sites for hydroxylation is 1. The highest BCUT2D eigenvalue weighted by molar-refractivity contribution is 7.92. The first-order chi connectivity index (χ1) is 13.8. The zero-order valence-corrected chi connectivity index (χ0v) is 17.4. The standard InChI is InChI=1S/C22H24O6S/c1-4-27-20(23)22(21(24)28-5-2)18(16-9-7-6-8-10-16)19(22)29(25,26)17-13-11-15(3)12-14-17/h6-14,18-19H,4-5H2,1-3H3/t18-,19+/m1/s1. The molecule has 7 heteroatoms. The number of rotatable bonds is 7. The average Bonchev–Trinajstić information content (AvgIpc) is 3.42. The van der Waals surface area contributed by atoms with E-state index >= 15 is 0 Å². The number of sulfone groups is 1. The fraction of sp³-hybridized carbons (Fsp3) is 0.364. The van der Waals surface area contributed by atoms with E-state index < -0.39 is 38.4 Å². The summed E-state index contributed by atoms with van der Waals surface area (Å²) in [4.78, 5) is 26.0. The Bertz CT molecular complexity index is 977. The Labute approximate surface area is 170 Å². The number of ether oxygens (including phenoxy) is 2. The molecule has 0 radical (unpaired) electrons. The van der Waals surface area contributed by atoms with E-state index in [9.17, 15) is 18.0 Å². The molecule has 1 aliphatic carbocycles. The second kappa shape index (κ2) is 7.99. The van der Waals surface area contributed by atoms with Crippen molar-refractivity contribution in [2.45, 2.75) is 36.8 Å². The first-order valence-corrected chi connectivity index (χ1v) is 11.1. The van der Waals surface area contributed by atoms with Crippen LogP contribution in [0.1, 0.15) is 30.9 Å². The van der Waals surface area contributed by atoms with Crippen LogP contribution in [-0.4, -0.2) is 38.8 Å². The summed E-state index contributed by atoms with van der Waals surface area (Å²) in [6.45, 7) is 5.12. The van der Waals surface area contributed by atoms with E-state index in [0.29, 0.717) is 5.56 Å². The maximum absolute atomic E-state index is 13.5. The number of carbonyl (C=O) groups excluding carboxylic acids is 2. The van der Waals surface area contributed by atoms with Gasteiger partial charge in [0.2, 0.25) is 0 Å². The van der Waals surface area contributed by atoms with Crippen LogP contribution in [0.2, 0.25) is 0 Å². The lowest BCUT2D eigenvalue weighted by Gasteiger charge is -2.15. The lowest BCUT2D eigenvalue weighted by molar-refractivity contribution is -0.164. The fourth-order valence-electron chi connectivity index (χ4n) is 3.82. The molecular formula is C22H24O6S. The van der Waals surface area contributed by atoms with Crippen molar-refractivity contribution in [2.75, 3.05) is 13.2 Å². The Hall–Kier alpha value is -2.67. The molecule has 0 amide bonds. The fourth-order valence-corrected chi connectivity index (χ4v) is 6.11. The summed E-state index contributed by atoms with van der Waals surface area (Å²) in [6.07, 6.45) is 0. The first kappa shape index (κ1) is 21.0. The Morgan fingerprint density at radius 3 is 1.90 bits per heavy atom. The van der Waals surface area contributed by atoms with Crippen LogP contribution < -0.4 is 0 Å². The lowest BCUT2D eigenvalue weighted by atomic mass is 9.99. The molecule has 2 aromatic carbocycles. The van der Waals surface area contributed by atoms with Gasteiger partial charge in [-0.15, -0.1) is 0 Å². The van der Waals surface area contributed by atoms with Gasteiger partial charge in [0.05, 0.1) is 18.1 Å². The molecule has 6 nitrogen and oxygen atoms in total. The van der Waals surface area contributed by atoms with Gasteiger partial charge >= 0.3 is 11.9 Å². The van der Waals surface area contributed by atoms with Gasteiger partial charge in [-0.3, -0.25) is 9.59 Å². The van der Waals surface area contributed by atoms with Crippen molar-refractivity contribution in [3.63, 3.8) is 0 Å². The minimum atomic E-state index is -4.02. The van der Waals surface area contributed by atoms with Gasteiger partial charge in [0.25, 0.3) is 0 Å². The summed E-state index contributed by atoms with van der Waals surface area (Å²) >= 11 is 0. The molecule has 0 saturated heterocycles. The largest absolute Gasteiger partial charge is 0.465 e. The molecule has 29 heavy (non-hydrogen) atoms. The molecular weight excluding hydrogens is 392 g/mol. The van der Waals surface area contributed by atoms with E-state index in [1.165, 1.54) is 12.1 Å². The van der Waals surface area contributed by atoms with Gasteiger partial charge < -0.3 is 9.47 Å². The van der Waals surface area contributed by atoms with E-state index in [1.54, 1.807) is 56.3 Å². The zero-order chi connectivity index (χ0) is 21.2. The van der Waals surface area contributed by atoms with Gasteiger partial charge in [-0.05, 0) is 38.5 Å². The quantitative estimate of drug-likeness (QED) is 0.509. The topological polar surface area (TPSA) is 86.7 Å². The molecule has 0 N–H and O–H groups in total. The van der Waals surface area contributed by atoms with Gasteiger partial charge in [0.1, 0.15) is 5.25 Å². The molecule has 0 spiro atoms. The van der Waals surface area contributed by atoms with Crippen LogP contribution in [0.15, 0.2) is 59.5 Å². The molecule has 2 atom stereocenters. The maximum Gasteiger partial charge on any atom is 0.325 e. The normalized spacial score (nSPS) is 20.0. The third-order valence-electron chi connectivity index (χ3n) is 5.20. The smallest absolute Gasteiger partial charge is 0.325 e. The summed E-state index contributed by atoms with van der Waals surface area (Å²) in [5.74, 6) is -2.62. The van der Waals surface area contributed by atoms with Crippen LogP contribution in [-0.2, 0) is 28.9 Å².